The number of nitriles is 1. The largest absolute Gasteiger partial charge is 0.370 e. The van der Waals surface area contributed by atoms with E-state index >= 15 is 0 Å². The number of nitrogens with one attached hydrogen (secondary N) is 2. The first-order valence-corrected chi connectivity index (χ1v) is 9.18. The van der Waals surface area contributed by atoms with E-state index in [1.165, 1.54) is 17.2 Å². The number of aryl methyl sites for hydroxylation is 1. The van der Waals surface area contributed by atoms with Crippen LogP contribution in [0.15, 0.2) is 30.5 Å². The summed E-state index contributed by atoms with van der Waals surface area (Å²) in [6, 6.07) is 9.19. The second-order valence-electron chi connectivity index (χ2n) is 7.02. The Kier molecular flexibility index (Phi) is 5.69. The van der Waals surface area contributed by atoms with Crippen LogP contribution in [0.5, 0.6) is 0 Å². The molecule has 0 saturated carbocycles. The Hall–Kier alpha value is -3.27. The maximum Gasteiger partial charge on any atom is 0.212 e. The van der Waals surface area contributed by atoms with Gasteiger partial charge in [0.15, 0.2) is 0 Å². The minimum Gasteiger partial charge on any atom is -0.370 e. The number of amidine groups is 1. The SMILES string of the molecule is Cc1ccc(-c2ccc(F)nc2)c(N2CCC(C(=N)N(C)C=N)CC2)c1C#N. The van der Waals surface area contributed by atoms with Crippen molar-refractivity contribution in [2.45, 2.75) is 19.8 Å². The Labute approximate surface area is 164 Å². The van der Waals surface area contributed by atoms with Crippen molar-refractivity contribution in [2.24, 2.45) is 5.92 Å². The zero-order valence-corrected chi connectivity index (χ0v) is 16.0. The van der Waals surface area contributed by atoms with Crippen LogP contribution < -0.4 is 4.90 Å². The third-order valence-electron chi connectivity index (χ3n) is 5.31. The predicted molar refractivity (Wildman–Crippen MR) is 108 cm³/mol. The van der Waals surface area contributed by atoms with Crippen LogP contribution in [0.2, 0.25) is 0 Å². The second-order valence-corrected chi connectivity index (χ2v) is 7.02. The first-order chi connectivity index (χ1) is 13.5. The number of hydrogen-bond acceptors (Lipinski definition) is 5. The van der Waals surface area contributed by atoms with Gasteiger partial charge in [0, 0.05) is 43.4 Å². The molecule has 0 spiro atoms. The fourth-order valence-corrected chi connectivity index (χ4v) is 3.66. The Morgan fingerprint density at radius 2 is 2.04 bits per heavy atom. The highest BCUT2D eigenvalue weighted by Gasteiger charge is 2.27. The molecule has 6 nitrogen and oxygen atoms in total. The molecule has 0 atom stereocenters. The number of piperidine rings is 1. The normalized spacial score (nSPS) is 14.4. The first kappa shape index (κ1) is 19.5. The average molecular weight is 378 g/mol. The third-order valence-corrected chi connectivity index (χ3v) is 5.31. The molecule has 1 fully saturated rings. The average Bonchev–Trinajstić information content (AvgIpc) is 2.73. The summed E-state index contributed by atoms with van der Waals surface area (Å²) >= 11 is 0. The highest BCUT2D eigenvalue weighted by molar-refractivity contribution is 5.90. The molecule has 144 valence electrons. The molecule has 1 aromatic carbocycles. The molecule has 28 heavy (non-hydrogen) atoms. The van der Waals surface area contributed by atoms with Crippen LogP contribution in [0.3, 0.4) is 0 Å². The monoisotopic (exact) mass is 378 g/mol. The summed E-state index contributed by atoms with van der Waals surface area (Å²) in [4.78, 5) is 7.47. The molecular weight excluding hydrogens is 355 g/mol. The molecule has 0 amide bonds. The van der Waals surface area contributed by atoms with Crippen molar-refractivity contribution in [1.29, 1.82) is 16.1 Å². The standard InChI is InChI=1S/C21H23FN6/c1-14-3-5-17(16-4-6-19(22)26-12-16)20(18(14)11-23)28-9-7-15(8-10-28)21(25)27(2)13-24/h3-6,12-13,15,24-25H,7-10H2,1-2H3. The molecule has 2 N–H and O–H groups in total. The molecule has 0 bridgehead atoms. The molecule has 1 aliphatic rings. The number of nitrogens with zero attached hydrogens (tertiary/aromatic N) is 4. The van der Waals surface area contributed by atoms with Crippen LogP contribution in [-0.4, -0.2) is 42.2 Å². The van der Waals surface area contributed by atoms with Gasteiger partial charge in [0.2, 0.25) is 5.95 Å². The Bertz CT molecular complexity index is 923. The van der Waals surface area contributed by atoms with Gasteiger partial charge in [0.1, 0.15) is 11.9 Å². The quantitative estimate of drug-likeness (QED) is 0.481. The van der Waals surface area contributed by atoms with E-state index in [-0.39, 0.29) is 5.92 Å². The fraction of sp³-hybridized carbons (Fsp3) is 0.333. The van der Waals surface area contributed by atoms with Gasteiger partial charge in [-0.05, 0) is 37.5 Å². The van der Waals surface area contributed by atoms with Crippen molar-refractivity contribution in [3.8, 4) is 17.2 Å². The number of aromatic nitrogens is 1. The van der Waals surface area contributed by atoms with E-state index in [1.807, 2.05) is 19.1 Å². The first-order valence-electron chi connectivity index (χ1n) is 9.18. The van der Waals surface area contributed by atoms with Gasteiger partial charge in [-0.2, -0.15) is 9.65 Å². The number of anilines is 1. The van der Waals surface area contributed by atoms with E-state index in [0.717, 1.165) is 41.6 Å². The summed E-state index contributed by atoms with van der Waals surface area (Å²) in [5.41, 5.74) is 3.99. The molecule has 1 aliphatic heterocycles. The van der Waals surface area contributed by atoms with Crippen molar-refractivity contribution in [2.75, 3.05) is 25.0 Å². The second kappa shape index (κ2) is 8.17. The van der Waals surface area contributed by atoms with Crippen LogP contribution >= 0.6 is 0 Å². The number of pyridine rings is 1. The fourth-order valence-electron chi connectivity index (χ4n) is 3.66. The summed E-state index contributed by atoms with van der Waals surface area (Å²) in [5, 5.41) is 25.3. The highest BCUT2D eigenvalue weighted by atomic mass is 19.1. The molecule has 2 aromatic rings. The smallest absolute Gasteiger partial charge is 0.212 e. The maximum absolute atomic E-state index is 13.3. The highest BCUT2D eigenvalue weighted by Crippen LogP contribution is 2.37. The van der Waals surface area contributed by atoms with Gasteiger partial charge < -0.3 is 9.80 Å². The van der Waals surface area contributed by atoms with Gasteiger partial charge in [-0.15, -0.1) is 0 Å². The van der Waals surface area contributed by atoms with E-state index in [0.29, 0.717) is 24.5 Å². The predicted octanol–water partition coefficient (Wildman–Crippen LogP) is 3.80. The van der Waals surface area contributed by atoms with E-state index in [2.05, 4.69) is 16.0 Å². The van der Waals surface area contributed by atoms with Gasteiger partial charge in [0.05, 0.1) is 17.6 Å². The zero-order chi connectivity index (χ0) is 20.3. The van der Waals surface area contributed by atoms with E-state index in [1.54, 1.807) is 13.1 Å². The molecule has 0 radical (unpaired) electrons. The molecular formula is C21H23FN6. The zero-order valence-electron chi connectivity index (χ0n) is 16.0. The van der Waals surface area contributed by atoms with E-state index in [9.17, 15) is 9.65 Å². The topological polar surface area (TPSA) is 90.9 Å². The lowest BCUT2D eigenvalue weighted by Crippen LogP contribution is -2.41. The lowest BCUT2D eigenvalue weighted by Gasteiger charge is -2.36. The molecule has 0 aliphatic carbocycles. The number of benzene rings is 1. The van der Waals surface area contributed by atoms with Crippen LogP contribution in [0.1, 0.15) is 24.0 Å². The number of halogens is 1. The lowest BCUT2D eigenvalue weighted by molar-refractivity contribution is 0.473. The molecule has 7 heteroatoms. The number of rotatable bonds is 4. The van der Waals surface area contributed by atoms with E-state index in [4.69, 9.17) is 10.8 Å². The van der Waals surface area contributed by atoms with Gasteiger partial charge >= 0.3 is 0 Å². The summed E-state index contributed by atoms with van der Waals surface area (Å²) < 4.78 is 13.3. The molecule has 1 aromatic heterocycles. The van der Waals surface area contributed by atoms with Crippen molar-refractivity contribution < 1.29 is 4.39 Å². The lowest BCUT2D eigenvalue weighted by atomic mass is 9.91. The van der Waals surface area contributed by atoms with Crippen LogP contribution in [0.4, 0.5) is 10.1 Å². The van der Waals surface area contributed by atoms with Crippen molar-refractivity contribution in [3.63, 3.8) is 0 Å². The van der Waals surface area contributed by atoms with Gasteiger partial charge in [-0.3, -0.25) is 10.8 Å². The molecule has 0 unspecified atom stereocenters. The minimum atomic E-state index is -0.535. The minimum absolute atomic E-state index is 0.0918. The Morgan fingerprint density at radius 3 is 2.61 bits per heavy atom. The summed E-state index contributed by atoms with van der Waals surface area (Å²) in [6.07, 6.45) is 4.20. The maximum atomic E-state index is 13.3. The van der Waals surface area contributed by atoms with Crippen molar-refractivity contribution >= 4 is 17.9 Å². The number of hydrogen-bond donors (Lipinski definition) is 2. The Balaban J connectivity index is 1.94. The Morgan fingerprint density at radius 1 is 1.32 bits per heavy atom. The van der Waals surface area contributed by atoms with E-state index < -0.39 is 5.95 Å². The van der Waals surface area contributed by atoms with Crippen LogP contribution in [0.25, 0.3) is 11.1 Å². The van der Waals surface area contributed by atoms with Gasteiger partial charge in [-0.1, -0.05) is 12.1 Å². The summed E-state index contributed by atoms with van der Waals surface area (Å²) in [7, 11) is 1.72. The molecule has 3 rings (SSSR count). The van der Waals surface area contributed by atoms with Gasteiger partial charge in [0.25, 0.3) is 0 Å². The third kappa shape index (κ3) is 3.72. The summed E-state index contributed by atoms with van der Waals surface area (Å²) in [6.45, 7) is 3.33. The van der Waals surface area contributed by atoms with Crippen LogP contribution in [0, 0.1) is 40.9 Å². The summed E-state index contributed by atoms with van der Waals surface area (Å²) in [5.74, 6) is 0.00375. The molecule has 2 heterocycles. The van der Waals surface area contributed by atoms with Gasteiger partial charge in [-0.25, -0.2) is 4.98 Å². The van der Waals surface area contributed by atoms with Crippen molar-refractivity contribution in [3.05, 3.63) is 47.5 Å². The van der Waals surface area contributed by atoms with Crippen LogP contribution in [-0.2, 0) is 0 Å². The molecule has 1 saturated heterocycles. The van der Waals surface area contributed by atoms with Crippen molar-refractivity contribution in [1.82, 2.24) is 9.88 Å².